The molecule has 0 saturated heterocycles. The predicted octanol–water partition coefficient (Wildman–Crippen LogP) is 2.36. The zero-order valence-electron chi connectivity index (χ0n) is 11.1. The molecule has 19 heavy (non-hydrogen) atoms. The first-order valence-electron chi connectivity index (χ1n) is 6.17. The topological polar surface area (TPSA) is 54.0 Å². The van der Waals surface area contributed by atoms with Gasteiger partial charge in [-0.3, -0.25) is 4.79 Å². The molecule has 0 aliphatic carbocycles. The molecule has 1 aromatic heterocycles. The molecule has 4 nitrogen and oxygen atoms in total. The number of carbonyl (C=O) groups is 1. The monoisotopic (exact) mass is 255 g/mol. The molecule has 4 heteroatoms. The molecule has 98 valence electrons. The number of nitrogens with zero attached hydrogens (tertiary/aromatic N) is 1. The Hall–Kier alpha value is -2.36. The standard InChI is InChI=1S/C15H17N3O/c1-11-5-3-4-6-13(11)10-18-15(19)12-7-8-17-14(9-12)16-2/h3-9H,10H2,1-2H3,(H,16,17)(H,18,19). The molecule has 2 N–H and O–H groups in total. The van der Waals surface area contributed by atoms with Crippen LogP contribution in [0.4, 0.5) is 5.82 Å². The highest BCUT2D eigenvalue weighted by molar-refractivity contribution is 5.94. The van der Waals surface area contributed by atoms with Gasteiger partial charge in [0.15, 0.2) is 0 Å². The number of aryl methyl sites for hydroxylation is 1. The van der Waals surface area contributed by atoms with Crippen LogP contribution in [0.3, 0.4) is 0 Å². The van der Waals surface area contributed by atoms with Crippen molar-refractivity contribution < 1.29 is 4.79 Å². The Bertz CT molecular complexity index is 581. The van der Waals surface area contributed by atoms with Crippen molar-refractivity contribution in [2.24, 2.45) is 0 Å². The van der Waals surface area contributed by atoms with Gasteiger partial charge in [-0.15, -0.1) is 0 Å². The van der Waals surface area contributed by atoms with Crippen molar-refractivity contribution in [1.29, 1.82) is 0 Å². The highest BCUT2D eigenvalue weighted by Gasteiger charge is 2.06. The van der Waals surface area contributed by atoms with Gasteiger partial charge in [0.25, 0.3) is 5.91 Å². The third-order valence-corrected chi connectivity index (χ3v) is 2.98. The molecule has 1 aromatic carbocycles. The molecule has 0 radical (unpaired) electrons. The van der Waals surface area contributed by atoms with E-state index in [4.69, 9.17) is 0 Å². The van der Waals surface area contributed by atoms with E-state index in [1.807, 2.05) is 31.2 Å². The van der Waals surface area contributed by atoms with Crippen molar-refractivity contribution in [2.75, 3.05) is 12.4 Å². The van der Waals surface area contributed by atoms with Crippen molar-refractivity contribution in [2.45, 2.75) is 13.5 Å². The lowest BCUT2D eigenvalue weighted by molar-refractivity contribution is 0.0951. The fraction of sp³-hybridized carbons (Fsp3) is 0.200. The minimum atomic E-state index is -0.0952. The molecule has 1 amide bonds. The quantitative estimate of drug-likeness (QED) is 0.881. The van der Waals surface area contributed by atoms with Crippen LogP contribution in [-0.4, -0.2) is 17.9 Å². The molecule has 1 heterocycles. The van der Waals surface area contributed by atoms with E-state index >= 15 is 0 Å². The summed E-state index contributed by atoms with van der Waals surface area (Å²) in [6.45, 7) is 2.57. The van der Waals surface area contributed by atoms with Crippen LogP contribution in [0.1, 0.15) is 21.5 Å². The number of anilines is 1. The first-order valence-corrected chi connectivity index (χ1v) is 6.17. The minimum Gasteiger partial charge on any atom is -0.373 e. The van der Waals surface area contributed by atoms with Crippen LogP contribution < -0.4 is 10.6 Å². The van der Waals surface area contributed by atoms with Gasteiger partial charge in [0.1, 0.15) is 5.82 Å². The first-order chi connectivity index (χ1) is 9.20. The van der Waals surface area contributed by atoms with Crippen LogP contribution in [0.5, 0.6) is 0 Å². The summed E-state index contributed by atoms with van der Waals surface area (Å²) >= 11 is 0. The fourth-order valence-electron chi connectivity index (χ4n) is 1.79. The molecule has 0 fully saturated rings. The number of hydrogen-bond acceptors (Lipinski definition) is 3. The van der Waals surface area contributed by atoms with Gasteiger partial charge in [-0.05, 0) is 30.2 Å². The van der Waals surface area contributed by atoms with Gasteiger partial charge in [0, 0.05) is 25.4 Å². The van der Waals surface area contributed by atoms with Gasteiger partial charge < -0.3 is 10.6 Å². The van der Waals surface area contributed by atoms with Gasteiger partial charge in [0.05, 0.1) is 0 Å². The van der Waals surface area contributed by atoms with Gasteiger partial charge in [-0.1, -0.05) is 24.3 Å². The number of aromatic nitrogens is 1. The molecule has 0 atom stereocenters. The zero-order valence-corrected chi connectivity index (χ0v) is 11.1. The maximum absolute atomic E-state index is 12.0. The van der Waals surface area contributed by atoms with Crippen molar-refractivity contribution in [1.82, 2.24) is 10.3 Å². The smallest absolute Gasteiger partial charge is 0.251 e. The number of hydrogen-bond donors (Lipinski definition) is 2. The number of carbonyl (C=O) groups excluding carboxylic acids is 1. The minimum absolute atomic E-state index is 0.0952. The Morgan fingerprint density at radius 1 is 1.26 bits per heavy atom. The second-order valence-electron chi connectivity index (χ2n) is 4.29. The predicted molar refractivity (Wildman–Crippen MR) is 76.1 cm³/mol. The summed E-state index contributed by atoms with van der Waals surface area (Å²) < 4.78 is 0. The van der Waals surface area contributed by atoms with Gasteiger partial charge in [-0.2, -0.15) is 0 Å². The van der Waals surface area contributed by atoms with Gasteiger partial charge >= 0.3 is 0 Å². The lowest BCUT2D eigenvalue weighted by atomic mass is 10.1. The number of amides is 1. The van der Waals surface area contributed by atoms with E-state index in [0.29, 0.717) is 17.9 Å². The van der Waals surface area contributed by atoms with E-state index in [-0.39, 0.29) is 5.91 Å². The Labute approximate surface area is 112 Å². The zero-order chi connectivity index (χ0) is 13.7. The van der Waals surface area contributed by atoms with Crippen molar-refractivity contribution in [3.63, 3.8) is 0 Å². The number of nitrogens with one attached hydrogen (secondary N) is 2. The molecule has 0 unspecified atom stereocenters. The van der Waals surface area contributed by atoms with E-state index in [0.717, 1.165) is 5.56 Å². The number of pyridine rings is 1. The van der Waals surface area contributed by atoms with E-state index in [1.165, 1.54) is 5.56 Å². The van der Waals surface area contributed by atoms with E-state index in [2.05, 4.69) is 15.6 Å². The summed E-state index contributed by atoms with van der Waals surface area (Å²) in [5.41, 5.74) is 2.90. The Morgan fingerprint density at radius 3 is 2.79 bits per heavy atom. The second kappa shape index (κ2) is 6.00. The van der Waals surface area contributed by atoms with Crippen LogP contribution in [0, 0.1) is 6.92 Å². The molecule has 0 spiro atoms. The summed E-state index contributed by atoms with van der Waals surface area (Å²) in [7, 11) is 1.78. The summed E-state index contributed by atoms with van der Waals surface area (Å²) in [6.07, 6.45) is 1.62. The Kier molecular flexibility index (Phi) is 4.13. The maximum Gasteiger partial charge on any atom is 0.251 e. The van der Waals surface area contributed by atoms with E-state index < -0.39 is 0 Å². The normalized spacial score (nSPS) is 10.0. The van der Waals surface area contributed by atoms with Crippen LogP contribution >= 0.6 is 0 Å². The largest absolute Gasteiger partial charge is 0.373 e. The molecule has 0 aliphatic rings. The van der Waals surface area contributed by atoms with Gasteiger partial charge in [0.2, 0.25) is 0 Å². The fourth-order valence-corrected chi connectivity index (χ4v) is 1.79. The van der Waals surface area contributed by atoms with Gasteiger partial charge in [-0.25, -0.2) is 4.98 Å². The lowest BCUT2D eigenvalue weighted by Gasteiger charge is -2.08. The third kappa shape index (κ3) is 3.31. The molecular formula is C15H17N3O. The molecule has 0 bridgehead atoms. The molecule has 2 rings (SSSR count). The number of rotatable bonds is 4. The lowest BCUT2D eigenvalue weighted by Crippen LogP contribution is -2.23. The average molecular weight is 255 g/mol. The Balaban J connectivity index is 2.03. The van der Waals surface area contributed by atoms with Crippen LogP contribution in [0.2, 0.25) is 0 Å². The van der Waals surface area contributed by atoms with Crippen LogP contribution in [0.25, 0.3) is 0 Å². The summed E-state index contributed by atoms with van der Waals surface area (Å²) in [5.74, 6) is 0.589. The summed E-state index contributed by atoms with van der Waals surface area (Å²) in [4.78, 5) is 16.1. The molecule has 0 aliphatic heterocycles. The molecule has 0 saturated carbocycles. The second-order valence-corrected chi connectivity index (χ2v) is 4.29. The average Bonchev–Trinajstić information content (AvgIpc) is 2.46. The van der Waals surface area contributed by atoms with E-state index in [1.54, 1.807) is 25.4 Å². The highest BCUT2D eigenvalue weighted by Crippen LogP contribution is 2.08. The molecular weight excluding hydrogens is 238 g/mol. The van der Waals surface area contributed by atoms with Crippen LogP contribution in [-0.2, 0) is 6.54 Å². The van der Waals surface area contributed by atoms with Crippen molar-refractivity contribution >= 4 is 11.7 Å². The van der Waals surface area contributed by atoms with E-state index in [9.17, 15) is 4.79 Å². The molecule has 2 aromatic rings. The maximum atomic E-state index is 12.0. The summed E-state index contributed by atoms with van der Waals surface area (Å²) in [5, 5.41) is 5.83. The summed E-state index contributed by atoms with van der Waals surface area (Å²) in [6, 6.07) is 11.4. The first kappa shape index (κ1) is 13.1. The van der Waals surface area contributed by atoms with Crippen molar-refractivity contribution in [3.05, 3.63) is 59.3 Å². The highest BCUT2D eigenvalue weighted by atomic mass is 16.1. The van der Waals surface area contributed by atoms with Crippen LogP contribution in [0.15, 0.2) is 42.6 Å². The Morgan fingerprint density at radius 2 is 2.05 bits per heavy atom. The third-order valence-electron chi connectivity index (χ3n) is 2.98. The number of benzene rings is 1. The SMILES string of the molecule is CNc1cc(C(=O)NCc2ccccc2C)ccn1. The van der Waals surface area contributed by atoms with Crippen molar-refractivity contribution in [3.8, 4) is 0 Å².